The molecule has 1 amide bonds. The molecule has 5 nitrogen and oxygen atoms in total. The summed E-state index contributed by atoms with van der Waals surface area (Å²) in [4.78, 5) is 11.8. The maximum atomic E-state index is 11.8. The Morgan fingerprint density at radius 3 is 2.65 bits per heavy atom. The number of benzene rings is 1. The third-order valence-electron chi connectivity index (χ3n) is 2.92. The van der Waals surface area contributed by atoms with Gasteiger partial charge in [0, 0.05) is 17.9 Å². The molecule has 4 N–H and O–H groups in total. The van der Waals surface area contributed by atoms with Crippen LogP contribution in [0.3, 0.4) is 0 Å². The van der Waals surface area contributed by atoms with E-state index in [4.69, 9.17) is 5.73 Å². The zero-order valence-electron chi connectivity index (χ0n) is 11.3. The van der Waals surface area contributed by atoms with Gasteiger partial charge in [-0.3, -0.25) is 9.89 Å². The van der Waals surface area contributed by atoms with Gasteiger partial charge in [-0.15, -0.1) is 12.4 Å². The molecular weight excluding hydrogens is 276 g/mol. The number of rotatable bonds is 5. The van der Waals surface area contributed by atoms with Crippen LogP contribution in [0, 0.1) is 0 Å². The average molecular weight is 295 g/mol. The van der Waals surface area contributed by atoms with E-state index in [9.17, 15) is 4.79 Å². The van der Waals surface area contributed by atoms with Gasteiger partial charge in [0.25, 0.3) is 5.91 Å². The van der Waals surface area contributed by atoms with Crippen LogP contribution in [0.4, 0.5) is 5.69 Å². The predicted molar refractivity (Wildman–Crippen MR) is 82.1 cm³/mol. The Labute approximate surface area is 124 Å². The first kappa shape index (κ1) is 16.0. The molecular formula is C14H19ClN4O. The van der Waals surface area contributed by atoms with Crippen LogP contribution in [0.25, 0.3) is 0 Å². The van der Waals surface area contributed by atoms with Crippen LogP contribution in [-0.2, 0) is 12.8 Å². The molecule has 0 unspecified atom stereocenters. The first-order valence-corrected chi connectivity index (χ1v) is 6.36. The number of hydrogen-bond acceptors (Lipinski definition) is 3. The smallest absolute Gasteiger partial charge is 0.271 e. The number of hydrogen-bond donors (Lipinski definition) is 3. The zero-order chi connectivity index (χ0) is 13.7. The molecule has 6 heteroatoms. The van der Waals surface area contributed by atoms with Crippen LogP contribution in [0.15, 0.2) is 30.3 Å². The number of halogens is 1. The van der Waals surface area contributed by atoms with Crippen molar-refractivity contribution in [2.24, 2.45) is 0 Å². The number of amides is 1. The van der Waals surface area contributed by atoms with E-state index in [0.717, 1.165) is 29.8 Å². The summed E-state index contributed by atoms with van der Waals surface area (Å²) in [6.45, 7) is 2.59. The molecule has 108 valence electrons. The van der Waals surface area contributed by atoms with Gasteiger partial charge >= 0.3 is 0 Å². The van der Waals surface area contributed by atoms with Crippen molar-refractivity contribution in [3.05, 3.63) is 47.3 Å². The average Bonchev–Trinajstić information content (AvgIpc) is 2.90. The first-order valence-electron chi connectivity index (χ1n) is 6.36. The summed E-state index contributed by atoms with van der Waals surface area (Å²) in [5.41, 5.74) is 8.91. The van der Waals surface area contributed by atoms with Crippen LogP contribution in [0.1, 0.15) is 28.7 Å². The van der Waals surface area contributed by atoms with E-state index in [1.54, 1.807) is 6.07 Å². The summed E-state index contributed by atoms with van der Waals surface area (Å²) in [5.74, 6) is -0.147. The lowest BCUT2D eigenvalue weighted by atomic mass is 10.1. The zero-order valence-corrected chi connectivity index (χ0v) is 12.2. The van der Waals surface area contributed by atoms with Crippen LogP contribution in [0.5, 0.6) is 0 Å². The lowest BCUT2D eigenvalue weighted by Gasteiger charge is -2.03. The summed E-state index contributed by atoms with van der Waals surface area (Å²) in [5, 5.41) is 9.64. The molecule has 2 rings (SSSR count). The molecule has 1 aromatic heterocycles. The Balaban J connectivity index is 0.00000200. The fourth-order valence-electron chi connectivity index (χ4n) is 1.75. The molecule has 2 aromatic rings. The van der Waals surface area contributed by atoms with E-state index in [0.29, 0.717) is 12.2 Å². The molecule has 0 aliphatic heterocycles. The second-order valence-electron chi connectivity index (χ2n) is 4.38. The number of nitrogens with two attached hydrogens (primary N) is 1. The molecule has 0 saturated heterocycles. The van der Waals surface area contributed by atoms with E-state index < -0.39 is 0 Å². The van der Waals surface area contributed by atoms with E-state index >= 15 is 0 Å². The van der Waals surface area contributed by atoms with Gasteiger partial charge in [-0.1, -0.05) is 19.1 Å². The van der Waals surface area contributed by atoms with Crippen LogP contribution < -0.4 is 11.1 Å². The summed E-state index contributed by atoms with van der Waals surface area (Å²) < 4.78 is 0. The van der Waals surface area contributed by atoms with Gasteiger partial charge in [0.05, 0.1) is 0 Å². The fourth-order valence-corrected chi connectivity index (χ4v) is 1.75. The number of H-pyrrole nitrogens is 1. The lowest BCUT2D eigenvalue weighted by Crippen LogP contribution is -2.26. The highest BCUT2D eigenvalue weighted by Gasteiger charge is 2.08. The highest BCUT2D eigenvalue weighted by Crippen LogP contribution is 2.05. The Bertz CT molecular complexity index is 551. The van der Waals surface area contributed by atoms with Gasteiger partial charge in [0.1, 0.15) is 5.69 Å². The Morgan fingerprint density at radius 2 is 2.05 bits per heavy atom. The predicted octanol–water partition coefficient (Wildman–Crippen LogP) is 1.95. The Kier molecular flexibility index (Phi) is 6.06. The molecule has 0 radical (unpaired) electrons. The van der Waals surface area contributed by atoms with Crippen molar-refractivity contribution in [2.45, 2.75) is 19.8 Å². The topological polar surface area (TPSA) is 83.8 Å². The number of nitrogens with one attached hydrogen (secondary N) is 2. The standard InChI is InChI=1S/C14H18N4O.ClH/c1-2-12-9-13(18-17-12)14(19)16-8-7-10-3-5-11(15)6-4-10;/h3-6,9H,2,7-8,15H2,1H3,(H,16,19)(H,17,18);1H. The summed E-state index contributed by atoms with van der Waals surface area (Å²) >= 11 is 0. The quantitative estimate of drug-likeness (QED) is 0.737. The molecule has 20 heavy (non-hydrogen) atoms. The van der Waals surface area contributed by atoms with Crippen molar-refractivity contribution in [1.29, 1.82) is 0 Å². The fraction of sp³-hybridized carbons (Fsp3) is 0.286. The molecule has 0 fully saturated rings. The minimum Gasteiger partial charge on any atom is -0.399 e. The van der Waals surface area contributed by atoms with Crippen LogP contribution in [0.2, 0.25) is 0 Å². The van der Waals surface area contributed by atoms with E-state index in [2.05, 4.69) is 15.5 Å². The molecule has 0 aliphatic rings. The number of aryl methyl sites for hydroxylation is 1. The van der Waals surface area contributed by atoms with Crippen molar-refractivity contribution in [3.63, 3.8) is 0 Å². The van der Waals surface area contributed by atoms with E-state index in [1.807, 2.05) is 31.2 Å². The highest BCUT2D eigenvalue weighted by molar-refractivity contribution is 5.92. The van der Waals surface area contributed by atoms with Crippen molar-refractivity contribution in [2.75, 3.05) is 12.3 Å². The van der Waals surface area contributed by atoms with Crippen molar-refractivity contribution in [1.82, 2.24) is 15.5 Å². The number of aromatic amines is 1. The van der Waals surface area contributed by atoms with Gasteiger partial charge in [-0.25, -0.2) is 0 Å². The van der Waals surface area contributed by atoms with Gasteiger partial charge in [0.2, 0.25) is 0 Å². The largest absolute Gasteiger partial charge is 0.399 e. The SMILES string of the molecule is CCc1cc(C(=O)NCCc2ccc(N)cc2)n[nH]1.Cl. The van der Waals surface area contributed by atoms with Gasteiger partial charge < -0.3 is 11.1 Å². The maximum absolute atomic E-state index is 11.8. The second kappa shape index (κ2) is 7.55. The summed E-state index contributed by atoms with van der Waals surface area (Å²) in [6, 6.07) is 9.42. The number of carbonyl (C=O) groups is 1. The normalized spacial score (nSPS) is 9.85. The molecule has 1 aromatic carbocycles. The lowest BCUT2D eigenvalue weighted by molar-refractivity contribution is 0.0949. The minimum atomic E-state index is -0.147. The third-order valence-corrected chi connectivity index (χ3v) is 2.92. The van der Waals surface area contributed by atoms with E-state index in [1.165, 1.54) is 0 Å². The number of aromatic nitrogens is 2. The van der Waals surface area contributed by atoms with Gasteiger partial charge in [-0.2, -0.15) is 5.10 Å². The van der Waals surface area contributed by atoms with Gasteiger partial charge in [0.15, 0.2) is 0 Å². The number of nitrogen functional groups attached to an aromatic ring is 1. The maximum Gasteiger partial charge on any atom is 0.271 e. The van der Waals surface area contributed by atoms with Gasteiger partial charge in [-0.05, 0) is 36.6 Å². The molecule has 1 heterocycles. The Morgan fingerprint density at radius 1 is 1.35 bits per heavy atom. The molecule has 0 atom stereocenters. The van der Waals surface area contributed by atoms with Crippen LogP contribution >= 0.6 is 12.4 Å². The van der Waals surface area contributed by atoms with Crippen molar-refractivity contribution < 1.29 is 4.79 Å². The molecule has 0 aliphatic carbocycles. The van der Waals surface area contributed by atoms with Crippen molar-refractivity contribution >= 4 is 24.0 Å². The van der Waals surface area contributed by atoms with Crippen LogP contribution in [-0.4, -0.2) is 22.6 Å². The minimum absolute atomic E-state index is 0. The number of anilines is 1. The second-order valence-corrected chi connectivity index (χ2v) is 4.38. The first-order chi connectivity index (χ1) is 9.19. The van der Waals surface area contributed by atoms with E-state index in [-0.39, 0.29) is 18.3 Å². The molecule has 0 spiro atoms. The molecule has 0 saturated carbocycles. The Hall–Kier alpha value is -2.01. The number of carbonyl (C=O) groups excluding carboxylic acids is 1. The monoisotopic (exact) mass is 294 g/mol. The summed E-state index contributed by atoms with van der Waals surface area (Å²) in [7, 11) is 0. The number of nitrogens with zero attached hydrogens (tertiary/aromatic N) is 1. The summed E-state index contributed by atoms with van der Waals surface area (Å²) in [6.07, 6.45) is 1.61. The molecule has 0 bridgehead atoms. The van der Waals surface area contributed by atoms with Crippen molar-refractivity contribution in [3.8, 4) is 0 Å². The third kappa shape index (κ3) is 4.28. The highest BCUT2D eigenvalue weighted by atomic mass is 35.5.